The first-order chi connectivity index (χ1) is 14.0. The van der Waals surface area contributed by atoms with Crippen LogP contribution < -0.4 is 0 Å². The van der Waals surface area contributed by atoms with E-state index in [4.69, 9.17) is 8.83 Å². The minimum Gasteiger partial charge on any atom is -0.459 e. The maximum atomic E-state index is 12.7. The molecule has 0 spiro atoms. The van der Waals surface area contributed by atoms with Crippen LogP contribution in [0.15, 0.2) is 51.5 Å². The summed E-state index contributed by atoms with van der Waals surface area (Å²) in [7, 11) is 0. The SMILES string of the molecule is Cc1ccc(-c2nc(CC(=O)N3CCN(C(=O)c4ccco4)CC3)c(C)o2)cc1. The van der Waals surface area contributed by atoms with Crippen molar-refractivity contribution in [2.24, 2.45) is 0 Å². The molecule has 0 unspecified atom stereocenters. The highest BCUT2D eigenvalue weighted by Gasteiger charge is 2.27. The maximum Gasteiger partial charge on any atom is 0.289 e. The number of hydrogen-bond donors (Lipinski definition) is 0. The van der Waals surface area contributed by atoms with Crippen molar-refractivity contribution >= 4 is 11.8 Å². The van der Waals surface area contributed by atoms with Crippen molar-refractivity contribution in [1.29, 1.82) is 0 Å². The van der Waals surface area contributed by atoms with E-state index in [0.29, 0.717) is 49.3 Å². The molecular formula is C22H23N3O4. The fourth-order valence-corrected chi connectivity index (χ4v) is 3.38. The van der Waals surface area contributed by atoms with Gasteiger partial charge in [0, 0.05) is 31.7 Å². The molecule has 1 aliphatic rings. The van der Waals surface area contributed by atoms with Crippen molar-refractivity contribution in [3.63, 3.8) is 0 Å². The Labute approximate surface area is 168 Å². The highest BCUT2D eigenvalue weighted by Crippen LogP contribution is 2.23. The van der Waals surface area contributed by atoms with Crippen LogP contribution in [-0.4, -0.2) is 52.8 Å². The van der Waals surface area contributed by atoms with Gasteiger partial charge in [0.15, 0.2) is 5.76 Å². The number of hydrogen-bond acceptors (Lipinski definition) is 5. The highest BCUT2D eigenvalue weighted by molar-refractivity contribution is 5.91. The van der Waals surface area contributed by atoms with E-state index in [9.17, 15) is 9.59 Å². The molecule has 4 rings (SSSR count). The molecule has 1 saturated heterocycles. The van der Waals surface area contributed by atoms with Crippen LogP contribution in [0.5, 0.6) is 0 Å². The van der Waals surface area contributed by atoms with Crippen LogP contribution in [0.25, 0.3) is 11.5 Å². The van der Waals surface area contributed by atoms with E-state index in [1.165, 1.54) is 6.26 Å². The van der Waals surface area contributed by atoms with E-state index in [1.54, 1.807) is 21.9 Å². The van der Waals surface area contributed by atoms with Gasteiger partial charge >= 0.3 is 0 Å². The number of piperazine rings is 1. The van der Waals surface area contributed by atoms with Gasteiger partial charge in [-0.25, -0.2) is 4.98 Å². The Morgan fingerprint density at radius 1 is 1.00 bits per heavy atom. The molecule has 0 saturated carbocycles. The first-order valence-electron chi connectivity index (χ1n) is 9.65. The van der Waals surface area contributed by atoms with Crippen molar-refractivity contribution in [3.05, 3.63) is 65.4 Å². The summed E-state index contributed by atoms with van der Waals surface area (Å²) in [5.74, 6) is 1.35. The molecule has 1 aromatic carbocycles. The summed E-state index contributed by atoms with van der Waals surface area (Å²) in [5, 5.41) is 0. The van der Waals surface area contributed by atoms with Gasteiger partial charge in [0.25, 0.3) is 5.91 Å². The van der Waals surface area contributed by atoms with E-state index < -0.39 is 0 Å². The molecule has 7 heteroatoms. The second-order valence-corrected chi connectivity index (χ2v) is 7.21. The van der Waals surface area contributed by atoms with Crippen molar-refractivity contribution in [3.8, 4) is 11.5 Å². The van der Waals surface area contributed by atoms with Crippen LogP contribution in [0.3, 0.4) is 0 Å². The second-order valence-electron chi connectivity index (χ2n) is 7.21. The lowest BCUT2D eigenvalue weighted by atomic mass is 10.1. The van der Waals surface area contributed by atoms with Crippen LogP contribution >= 0.6 is 0 Å². The van der Waals surface area contributed by atoms with Gasteiger partial charge in [-0.3, -0.25) is 9.59 Å². The van der Waals surface area contributed by atoms with Crippen LogP contribution in [0.2, 0.25) is 0 Å². The zero-order chi connectivity index (χ0) is 20.4. The first-order valence-corrected chi connectivity index (χ1v) is 9.65. The summed E-state index contributed by atoms with van der Waals surface area (Å²) in [6.07, 6.45) is 1.67. The molecule has 2 aromatic heterocycles. The van der Waals surface area contributed by atoms with Gasteiger partial charge in [-0.05, 0) is 38.1 Å². The Morgan fingerprint density at radius 3 is 2.34 bits per heavy atom. The zero-order valence-electron chi connectivity index (χ0n) is 16.6. The monoisotopic (exact) mass is 393 g/mol. The molecule has 29 heavy (non-hydrogen) atoms. The fraction of sp³-hybridized carbons (Fsp3) is 0.318. The van der Waals surface area contributed by atoms with Crippen molar-refractivity contribution < 1.29 is 18.4 Å². The number of benzene rings is 1. The molecule has 3 heterocycles. The van der Waals surface area contributed by atoms with Crippen LogP contribution in [-0.2, 0) is 11.2 Å². The summed E-state index contributed by atoms with van der Waals surface area (Å²) in [6.45, 7) is 5.80. The summed E-state index contributed by atoms with van der Waals surface area (Å²) >= 11 is 0. The molecule has 0 aliphatic carbocycles. The van der Waals surface area contributed by atoms with Gasteiger partial charge in [0.2, 0.25) is 11.8 Å². The number of oxazole rings is 1. The lowest BCUT2D eigenvalue weighted by molar-refractivity contribution is -0.132. The van der Waals surface area contributed by atoms with E-state index in [1.807, 2.05) is 38.1 Å². The number of aromatic nitrogens is 1. The summed E-state index contributed by atoms with van der Waals surface area (Å²) in [6, 6.07) is 11.3. The number of carbonyl (C=O) groups excluding carboxylic acids is 2. The summed E-state index contributed by atoms with van der Waals surface area (Å²) in [4.78, 5) is 33.1. The molecule has 0 radical (unpaired) electrons. The molecule has 7 nitrogen and oxygen atoms in total. The van der Waals surface area contributed by atoms with E-state index in [-0.39, 0.29) is 18.2 Å². The molecular weight excluding hydrogens is 370 g/mol. The third-order valence-electron chi connectivity index (χ3n) is 5.16. The van der Waals surface area contributed by atoms with Crippen molar-refractivity contribution in [1.82, 2.24) is 14.8 Å². The molecule has 2 amide bonds. The molecule has 1 aliphatic heterocycles. The Kier molecular flexibility index (Phi) is 5.20. The molecule has 150 valence electrons. The largest absolute Gasteiger partial charge is 0.459 e. The van der Waals surface area contributed by atoms with Gasteiger partial charge in [0.05, 0.1) is 18.4 Å². The minimum absolute atomic E-state index is 0.0121. The number of amides is 2. The molecule has 1 fully saturated rings. The number of rotatable bonds is 4. The van der Waals surface area contributed by atoms with Gasteiger partial charge < -0.3 is 18.6 Å². The standard InChI is InChI=1S/C22H23N3O4/c1-15-5-7-17(8-6-15)21-23-18(16(2)29-21)14-20(26)24-9-11-25(12-10-24)22(27)19-4-3-13-28-19/h3-8,13H,9-12,14H2,1-2H3. The van der Waals surface area contributed by atoms with Crippen molar-refractivity contribution in [2.45, 2.75) is 20.3 Å². The number of furan rings is 1. The third-order valence-corrected chi connectivity index (χ3v) is 5.16. The van der Waals surface area contributed by atoms with Gasteiger partial charge in [-0.15, -0.1) is 0 Å². The van der Waals surface area contributed by atoms with Gasteiger partial charge in [-0.1, -0.05) is 17.7 Å². The number of aryl methyl sites for hydroxylation is 2. The van der Waals surface area contributed by atoms with E-state index in [2.05, 4.69) is 4.98 Å². The number of nitrogens with zero attached hydrogens (tertiary/aromatic N) is 3. The Bertz CT molecular complexity index is 997. The lowest BCUT2D eigenvalue weighted by Gasteiger charge is -2.34. The Balaban J connectivity index is 1.37. The van der Waals surface area contributed by atoms with E-state index >= 15 is 0 Å². The minimum atomic E-state index is -0.141. The van der Waals surface area contributed by atoms with Crippen LogP contribution in [0.4, 0.5) is 0 Å². The summed E-state index contributed by atoms with van der Waals surface area (Å²) in [5.41, 5.74) is 2.71. The average Bonchev–Trinajstić information content (AvgIpc) is 3.39. The first kappa shape index (κ1) is 19.0. The Hall–Kier alpha value is -3.35. The van der Waals surface area contributed by atoms with E-state index in [0.717, 1.165) is 11.1 Å². The van der Waals surface area contributed by atoms with Crippen LogP contribution in [0, 0.1) is 13.8 Å². The molecule has 0 bridgehead atoms. The highest BCUT2D eigenvalue weighted by atomic mass is 16.4. The van der Waals surface area contributed by atoms with Gasteiger partial charge in [-0.2, -0.15) is 0 Å². The third kappa shape index (κ3) is 4.08. The topological polar surface area (TPSA) is 79.8 Å². The average molecular weight is 393 g/mol. The second kappa shape index (κ2) is 7.95. The smallest absolute Gasteiger partial charge is 0.289 e. The number of carbonyl (C=O) groups is 2. The molecule has 0 N–H and O–H groups in total. The summed E-state index contributed by atoms with van der Waals surface area (Å²) < 4.78 is 10.9. The fourth-order valence-electron chi connectivity index (χ4n) is 3.38. The Morgan fingerprint density at radius 2 is 1.69 bits per heavy atom. The maximum absolute atomic E-state index is 12.7. The predicted molar refractivity (Wildman–Crippen MR) is 106 cm³/mol. The van der Waals surface area contributed by atoms with Gasteiger partial charge in [0.1, 0.15) is 5.76 Å². The van der Waals surface area contributed by atoms with Crippen LogP contribution in [0.1, 0.15) is 27.6 Å². The lowest BCUT2D eigenvalue weighted by Crippen LogP contribution is -2.51. The molecule has 0 atom stereocenters. The molecule has 3 aromatic rings. The zero-order valence-corrected chi connectivity index (χ0v) is 16.6. The predicted octanol–water partition coefficient (Wildman–Crippen LogP) is 3.08. The van der Waals surface area contributed by atoms with Crippen molar-refractivity contribution in [2.75, 3.05) is 26.2 Å². The normalized spacial score (nSPS) is 14.3. The quantitative estimate of drug-likeness (QED) is 0.681.